The van der Waals surface area contributed by atoms with E-state index in [9.17, 15) is 0 Å². The Hall–Kier alpha value is -0.350. The summed E-state index contributed by atoms with van der Waals surface area (Å²) in [5, 5.41) is 3.49. The lowest BCUT2D eigenvalue weighted by Crippen LogP contribution is -2.32. The van der Waals surface area contributed by atoms with E-state index < -0.39 is 0 Å². The minimum atomic E-state index is 0.141. The van der Waals surface area contributed by atoms with E-state index in [4.69, 9.17) is 0 Å². The first-order chi connectivity index (χ1) is 8.09. The topological polar surface area (TPSA) is 12.0 Å². The highest BCUT2D eigenvalue weighted by Crippen LogP contribution is 2.23. The molecule has 0 spiro atoms. The van der Waals surface area contributed by atoms with Crippen LogP contribution in [0, 0.1) is 8.99 Å². The summed E-state index contributed by atoms with van der Waals surface area (Å²) >= 11 is 2.34. The number of nitrogens with one attached hydrogen (secondary N) is 1. The van der Waals surface area contributed by atoms with E-state index in [-0.39, 0.29) is 5.41 Å². The molecule has 1 atom stereocenters. The van der Waals surface area contributed by atoms with Gasteiger partial charge in [0.05, 0.1) is 0 Å². The predicted octanol–water partition coefficient (Wildman–Crippen LogP) is 4.03. The first-order valence-electron chi connectivity index (χ1n) is 6.18. The highest BCUT2D eigenvalue weighted by Gasteiger charge is 2.20. The average molecular weight is 343 g/mol. The molecule has 17 heavy (non-hydrogen) atoms. The van der Waals surface area contributed by atoms with Crippen LogP contribution in [0.15, 0.2) is 36.9 Å². The number of halogens is 1. The number of hydrogen-bond acceptors (Lipinski definition) is 1. The highest BCUT2D eigenvalue weighted by atomic mass is 127. The van der Waals surface area contributed by atoms with Crippen molar-refractivity contribution in [1.82, 2.24) is 5.32 Å². The molecule has 1 aromatic rings. The van der Waals surface area contributed by atoms with Crippen molar-refractivity contribution in [2.75, 3.05) is 13.1 Å². The van der Waals surface area contributed by atoms with Gasteiger partial charge in [-0.05, 0) is 59.7 Å². The molecule has 0 saturated carbocycles. The highest BCUT2D eigenvalue weighted by molar-refractivity contribution is 14.1. The zero-order chi connectivity index (χ0) is 12.7. The fourth-order valence-corrected chi connectivity index (χ4v) is 2.19. The first kappa shape index (κ1) is 14.7. The molecule has 0 aliphatic carbocycles. The van der Waals surface area contributed by atoms with Gasteiger partial charge in [-0.25, -0.2) is 0 Å². The molecule has 94 valence electrons. The van der Waals surface area contributed by atoms with Crippen molar-refractivity contribution in [3.8, 4) is 0 Å². The van der Waals surface area contributed by atoms with Crippen molar-refractivity contribution in [3.05, 3.63) is 46.1 Å². The Bertz CT molecular complexity index is 344. The van der Waals surface area contributed by atoms with Gasteiger partial charge in [0.25, 0.3) is 0 Å². The summed E-state index contributed by atoms with van der Waals surface area (Å²) in [6, 6.07) is 8.75. The van der Waals surface area contributed by atoms with Gasteiger partial charge < -0.3 is 5.32 Å². The molecular formula is C15H22IN. The molecule has 1 unspecified atom stereocenters. The summed E-state index contributed by atoms with van der Waals surface area (Å²) in [5.41, 5.74) is 1.52. The molecule has 0 heterocycles. The monoisotopic (exact) mass is 343 g/mol. The van der Waals surface area contributed by atoms with Crippen LogP contribution in [0.3, 0.4) is 0 Å². The quantitative estimate of drug-likeness (QED) is 0.448. The Morgan fingerprint density at radius 2 is 2.00 bits per heavy atom. The Labute approximate surface area is 119 Å². The van der Waals surface area contributed by atoms with Crippen molar-refractivity contribution in [2.45, 2.75) is 26.7 Å². The summed E-state index contributed by atoms with van der Waals surface area (Å²) < 4.78 is 1.29. The summed E-state index contributed by atoms with van der Waals surface area (Å²) in [6.45, 7) is 10.5. The van der Waals surface area contributed by atoms with Crippen LogP contribution >= 0.6 is 22.6 Å². The molecule has 1 N–H and O–H groups in total. The van der Waals surface area contributed by atoms with E-state index in [1.165, 1.54) is 15.6 Å². The number of benzene rings is 1. The lowest BCUT2D eigenvalue weighted by molar-refractivity contribution is 0.391. The van der Waals surface area contributed by atoms with Crippen LogP contribution in [-0.4, -0.2) is 13.1 Å². The van der Waals surface area contributed by atoms with Crippen molar-refractivity contribution in [3.63, 3.8) is 0 Å². The SMILES string of the molecule is C=CC(C)(CNCCC)Cc1ccc(I)cc1. The second kappa shape index (κ2) is 7.17. The van der Waals surface area contributed by atoms with E-state index in [2.05, 4.69) is 78.7 Å². The third-order valence-electron chi connectivity index (χ3n) is 2.97. The summed E-state index contributed by atoms with van der Waals surface area (Å²) in [4.78, 5) is 0. The number of rotatable bonds is 7. The van der Waals surface area contributed by atoms with Gasteiger partial charge in [-0.3, -0.25) is 0 Å². The van der Waals surface area contributed by atoms with Crippen LogP contribution in [-0.2, 0) is 6.42 Å². The van der Waals surface area contributed by atoms with Crippen LogP contribution in [0.5, 0.6) is 0 Å². The molecule has 1 nitrogen and oxygen atoms in total. The van der Waals surface area contributed by atoms with Gasteiger partial charge in [-0.2, -0.15) is 0 Å². The van der Waals surface area contributed by atoms with Gasteiger partial charge in [-0.15, -0.1) is 6.58 Å². The van der Waals surface area contributed by atoms with Crippen LogP contribution < -0.4 is 5.32 Å². The number of hydrogen-bond donors (Lipinski definition) is 1. The van der Waals surface area contributed by atoms with Gasteiger partial charge in [-0.1, -0.05) is 32.1 Å². The van der Waals surface area contributed by atoms with E-state index in [0.717, 1.165) is 19.5 Å². The summed E-state index contributed by atoms with van der Waals surface area (Å²) in [7, 11) is 0. The molecule has 0 radical (unpaired) electrons. The third kappa shape index (κ3) is 5.21. The van der Waals surface area contributed by atoms with Gasteiger partial charge >= 0.3 is 0 Å². The largest absolute Gasteiger partial charge is 0.316 e. The Morgan fingerprint density at radius 3 is 2.53 bits per heavy atom. The second-order valence-electron chi connectivity index (χ2n) is 4.84. The van der Waals surface area contributed by atoms with Gasteiger partial charge in [0.15, 0.2) is 0 Å². The molecule has 1 rings (SSSR count). The Morgan fingerprint density at radius 1 is 1.35 bits per heavy atom. The normalized spacial score (nSPS) is 14.3. The van der Waals surface area contributed by atoms with Crippen LogP contribution in [0.25, 0.3) is 0 Å². The summed E-state index contributed by atoms with van der Waals surface area (Å²) in [6.07, 6.45) is 4.30. The van der Waals surface area contributed by atoms with Gasteiger partial charge in [0.1, 0.15) is 0 Å². The van der Waals surface area contributed by atoms with E-state index in [0.29, 0.717) is 0 Å². The molecule has 2 heteroatoms. The maximum atomic E-state index is 3.98. The Kier molecular flexibility index (Phi) is 6.20. The third-order valence-corrected chi connectivity index (χ3v) is 3.69. The minimum absolute atomic E-state index is 0.141. The molecule has 0 amide bonds. The van der Waals surface area contributed by atoms with Crippen LogP contribution in [0.4, 0.5) is 0 Å². The fraction of sp³-hybridized carbons (Fsp3) is 0.467. The first-order valence-corrected chi connectivity index (χ1v) is 7.26. The molecular weight excluding hydrogens is 321 g/mol. The molecule has 0 saturated heterocycles. The van der Waals surface area contributed by atoms with Crippen molar-refractivity contribution in [2.24, 2.45) is 5.41 Å². The van der Waals surface area contributed by atoms with Crippen molar-refractivity contribution in [1.29, 1.82) is 0 Å². The van der Waals surface area contributed by atoms with Crippen molar-refractivity contribution >= 4 is 22.6 Å². The van der Waals surface area contributed by atoms with Crippen LogP contribution in [0.2, 0.25) is 0 Å². The standard InChI is InChI=1S/C15H22IN/c1-4-10-17-12-15(3,5-2)11-13-6-8-14(16)9-7-13/h5-9,17H,2,4,10-12H2,1,3H3. The molecule has 1 aromatic carbocycles. The summed E-state index contributed by atoms with van der Waals surface area (Å²) in [5.74, 6) is 0. The lowest BCUT2D eigenvalue weighted by Gasteiger charge is -2.26. The van der Waals surface area contributed by atoms with Crippen molar-refractivity contribution < 1.29 is 0 Å². The molecule has 0 aliphatic rings. The maximum Gasteiger partial charge on any atom is 0.0130 e. The predicted molar refractivity (Wildman–Crippen MR) is 84.3 cm³/mol. The second-order valence-corrected chi connectivity index (χ2v) is 6.08. The molecule has 0 fully saturated rings. The molecule has 0 aromatic heterocycles. The van der Waals surface area contributed by atoms with E-state index in [1.807, 2.05) is 0 Å². The lowest BCUT2D eigenvalue weighted by atomic mass is 9.83. The average Bonchev–Trinajstić information content (AvgIpc) is 2.33. The van der Waals surface area contributed by atoms with E-state index in [1.54, 1.807) is 0 Å². The zero-order valence-corrected chi connectivity index (χ0v) is 13.0. The zero-order valence-electron chi connectivity index (χ0n) is 10.8. The van der Waals surface area contributed by atoms with Gasteiger partial charge in [0, 0.05) is 15.5 Å². The molecule has 0 aliphatic heterocycles. The minimum Gasteiger partial charge on any atom is -0.316 e. The Balaban J connectivity index is 2.61. The van der Waals surface area contributed by atoms with Crippen LogP contribution in [0.1, 0.15) is 25.8 Å². The fourth-order valence-electron chi connectivity index (χ4n) is 1.83. The van der Waals surface area contributed by atoms with E-state index >= 15 is 0 Å². The maximum absolute atomic E-state index is 3.98. The van der Waals surface area contributed by atoms with Gasteiger partial charge in [0.2, 0.25) is 0 Å². The molecule has 0 bridgehead atoms. The smallest absolute Gasteiger partial charge is 0.0130 e.